The Morgan fingerprint density at radius 2 is 1.87 bits per heavy atom. The summed E-state index contributed by atoms with van der Waals surface area (Å²) in [5, 5.41) is 0. The Bertz CT molecular complexity index is 195. The highest BCUT2D eigenvalue weighted by atomic mass is 16.2. The normalized spacial score (nSPS) is 13.1. The first-order valence-corrected chi connectivity index (χ1v) is 6.10. The molecule has 1 unspecified atom stereocenters. The fraction of sp³-hybridized carbons (Fsp3) is 0.769. The lowest BCUT2D eigenvalue weighted by Crippen LogP contribution is -2.29. The first-order valence-electron chi connectivity index (χ1n) is 6.10. The maximum Gasteiger partial charge on any atom is 0.226 e. The van der Waals surface area contributed by atoms with Crippen molar-refractivity contribution in [1.82, 2.24) is 4.90 Å². The van der Waals surface area contributed by atoms with Crippen molar-refractivity contribution in [2.75, 3.05) is 13.1 Å². The standard InChI is InChI=1S/C13H25NO/c1-5-9-12(4)10-8-11-13(15)14(6-2)7-3/h8,10,12H,5-7,9,11H2,1-4H3. The highest BCUT2D eigenvalue weighted by Crippen LogP contribution is 2.07. The number of hydrogen-bond donors (Lipinski definition) is 0. The predicted octanol–water partition coefficient (Wildman–Crippen LogP) is 3.24. The van der Waals surface area contributed by atoms with E-state index in [1.165, 1.54) is 12.8 Å². The number of hydrogen-bond acceptors (Lipinski definition) is 1. The van der Waals surface area contributed by atoms with E-state index < -0.39 is 0 Å². The molecule has 0 heterocycles. The molecule has 0 fully saturated rings. The summed E-state index contributed by atoms with van der Waals surface area (Å²) in [6.07, 6.45) is 7.13. The van der Waals surface area contributed by atoms with Crippen LogP contribution in [0.15, 0.2) is 12.2 Å². The van der Waals surface area contributed by atoms with Crippen molar-refractivity contribution in [3.05, 3.63) is 12.2 Å². The molecule has 0 bridgehead atoms. The molecule has 0 spiro atoms. The molecular formula is C13H25NO. The number of nitrogens with zero attached hydrogens (tertiary/aromatic N) is 1. The van der Waals surface area contributed by atoms with Gasteiger partial charge in [-0.25, -0.2) is 0 Å². The van der Waals surface area contributed by atoms with Crippen LogP contribution in [0.1, 0.15) is 47.0 Å². The molecule has 2 nitrogen and oxygen atoms in total. The van der Waals surface area contributed by atoms with Gasteiger partial charge in [0.15, 0.2) is 0 Å². The monoisotopic (exact) mass is 211 g/mol. The summed E-state index contributed by atoms with van der Waals surface area (Å²) in [6, 6.07) is 0. The van der Waals surface area contributed by atoms with Crippen LogP contribution in [-0.4, -0.2) is 23.9 Å². The van der Waals surface area contributed by atoms with Crippen molar-refractivity contribution in [3.63, 3.8) is 0 Å². The summed E-state index contributed by atoms with van der Waals surface area (Å²) in [5.41, 5.74) is 0. The van der Waals surface area contributed by atoms with Crippen LogP contribution in [0.3, 0.4) is 0 Å². The van der Waals surface area contributed by atoms with Gasteiger partial charge in [-0.15, -0.1) is 0 Å². The van der Waals surface area contributed by atoms with Gasteiger partial charge in [0.05, 0.1) is 0 Å². The van der Waals surface area contributed by atoms with Crippen LogP contribution in [0, 0.1) is 5.92 Å². The molecule has 0 aliphatic carbocycles. The van der Waals surface area contributed by atoms with Crippen molar-refractivity contribution in [1.29, 1.82) is 0 Å². The number of rotatable bonds is 7. The van der Waals surface area contributed by atoms with Crippen LogP contribution < -0.4 is 0 Å². The van der Waals surface area contributed by atoms with Gasteiger partial charge in [-0.1, -0.05) is 32.4 Å². The highest BCUT2D eigenvalue weighted by Gasteiger charge is 2.06. The van der Waals surface area contributed by atoms with E-state index in [4.69, 9.17) is 0 Å². The van der Waals surface area contributed by atoms with Crippen LogP contribution in [0.5, 0.6) is 0 Å². The number of amides is 1. The molecule has 0 aromatic carbocycles. The Labute approximate surface area is 94.4 Å². The Morgan fingerprint density at radius 3 is 2.33 bits per heavy atom. The smallest absolute Gasteiger partial charge is 0.226 e. The summed E-state index contributed by atoms with van der Waals surface area (Å²) in [5.74, 6) is 0.833. The van der Waals surface area contributed by atoms with Crippen LogP contribution in [0.2, 0.25) is 0 Å². The molecule has 0 aromatic heterocycles. The van der Waals surface area contributed by atoms with Crippen LogP contribution in [0.25, 0.3) is 0 Å². The molecule has 88 valence electrons. The summed E-state index contributed by atoms with van der Waals surface area (Å²) < 4.78 is 0. The number of carbonyl (C=O) groups is 1. The summed E-state index contributed by atoms with van der Waals surface area (Å²) in [7, 11) is 0. The van der Waals surface area contributed by atoms with Gasteiger partial charge in [-0.2, -0.15) is 0 Å². The van der Waals surface area contributed by atoms with E-state index in [0.29, 0.717) is 12.3 Å². The van der Waals surface area contributed by atoms with Gasteiger partial charge in [0.25, 0.3) is 0 Å². The van der Waals surface area contributed by atoms with Gasteiger partial charge in [0.1, 0.15) is 0 Å². The molecule has 1 amide bonds. The van der Waals surface area contributed by atoms with Gasteiger partial charge in [0.2, 0.25) is 5.91 Å². The third-order valence-electron chi connectivity index (χ3n) is 2.62. The third kappa shape index (κ3) is 6.32. The van der Waals surface area contributed by atoms with E-state index in [0.717, 1.165) is 13.1 Å². The maximum absolute atomic E-state index is 11.6. The molecule has 0 saturated carbocycles. The largest absolute Gasteiger partial charge is 0.343 e. The summed E-state index contributed by atoms with van der Waals surface area (Å²) >= 11 is 0. The lowest BCUT2D eigenvalue weighted by molar-refractivity contribution is -0.129. The number of allylic oxidation sites excluding steroid dienone is 1. The van der Waals surface area contributed by atoms with Crippen LogP contribution in [-0.2, 0) is 4.79 Å². The Balaban J connectivity index is 3.88. The molecule has 0 aliphatic rings. The minimum atomic E-state index is 0.236. The zero-order chi connectivity index (χ0) is 11.7. The first-order chi connectivity index (χ1) is 7.15. The van der Waals surface area contributed by atoms with Gasteiger partial charge < -0.3 is 4.90 Å². The first kappa shape index (κ1) is 14.2. The third-order valence-corrected chi connectivity index (χ3v) is 2.62. The topological polar surface area (TPSA) is 20.3 Å². The van der Waals surface area contributed by atoms with E-state index in [1.54, 1.807) is 0 Å². The Kier molecular flexibility index (Phi) is 8.06. The van der Waals surface area contributed by atoms with Crippen molar-refractivity contribution in [2.45, 2.75) is 47.0 Å². The second kappa shape index (κ2) is 8.51. The van der Waals surface area contributed by atoms with Crippen LogP contribution >= 0.6 is 0 Å². The molecule has 0 radical (unpaired) electrons. The van der Waals surface area contributed by atoms with Gasteiger partial charge in [0, 0.05) is 19.5 Å². The average molecular weight is 211 g/mol. The SMILES string of the molecule is CCCC(C)C=CCC(=O)N(CC)CC. The van der Waals surface area contributed by atoms with E-state index in [1.807, 2.05) is 24.8 Å². The average Bonchev–Trinajstić information content (AvgIpc) is 2.20. The molecule has 0 aliphatic heterocycles. The summed E-state index contributed by atoms with van der Waals surface area (Å²) in [4.78, 5) is 13.5. The Hall–Kier alpha value is -0.790. The lowest BCUT2D eigenvalue weighted by Gasteiger charge is -2.17. The van der Waals surface area contributed by atoms with Gasteiger partial charge >= 0.3 is 0 Å². The van der Waals surface area contributed by atoms with Crippen molar-refractivity contribution >= 4 is 5.91 Å². The zero-order valence-corrected chi connectivity index (χ0v) is 10.6. The summed E-state index contributed by atoms with van der Waals surface area (Å²) in [6.45, 7) is 10.0. The quantitative estimate of drug-likeness (QED) is 0.592. The van der Waals surface area contributed by atoms with Crippen LogP contribution in [0.4, 0.5) is 0 Å². The lowest BCUT2D eigenvalue weighted by atomic mass is 10.1. The Morgan fingerprint density at radius 1 is 1.27 bits per heavy atom. The second-order valence-electron chi connectivity index (χ2n) is 3.96. The molecule has 0 rings (SSSR count). The molecule has 15 heavy (non-hydrogen) atoms. The van der Waals surface area contributed by atoms with E-state index in [9.17, 15) is 4.79 Å². The fourth-order valence-electron chi connectivity index (χ4n) is 1.66. The molecule has 0 N–H and O–H groups in total. The van der Waals surface area contributed by atoms with E-state index in [2.05, 4.69) is 19.9 Å². The minimum absolute atomic E-state index is 0.236. The molecule has 0 saturated heterocycles. The van der Waals surface area contributed by atoms with Gasteiger partial charge in [-0.05, 0) is 26.2 Å². The van der Waals surface area contributed by atoms with Crippen molar-refractivity contribution < 1.29 is 4.79 Å². The van der Waals surface area contributed by atoms with Gasteiger partial charge in [-0.3, -0.25) is 4.79 Å². The maximum atomic E-state index is 11.6. The molecule has 2 heteroatoms. The molecule has 1 atom stereocenters. The predicted molar refractivity (Wildman–Crippen MR) is 65.8 cm³/mol. The zero-order valence-electron chi connectivity index (χ0n) is 10.6. The van der Waals surface area contributed by atoms with E-state index in [-0.39, 0.29) is 5.91 Å². The highest BCUT2D eigenvalue weighted by molar-refractivity contribution is 5.77. The number of carbonyl (C=O) groups excluding carboxylic acids is 1. The molecule has 0 aromatic rings. The fourth-order valence-corrected chi connectivity index (χ4v) is 1.66. The van der Waals surface area contributed by atoms with Crippen molar-refractivity contribution in [3.8, 4) is 0 Å². The van der Waals surface area contributed by atoms with Crippen molar-refractivity contribution in [2.24, 2.45) is 5.92 Å². The molecular weight excluding hydrogens is 186 g/mol. The van der Waals surface area contributed by atoms with E-state index >= 15 is 0 Å². The minimum Gasteiger partial charge on any atom is -0.343 e. The second-order valence-corrected chi connectivity index (χ2v) is 3.96.